The third-order valence-electron chi connectivity index (χ3n) is 2.98. The highest BCUT2D eigenvalue weighted by Crippen LogP contribution is 2.10. The lowest BCUT2D eigenvalue weighted by molar-refractivity contribution is -0.120. The van der Waals surface area contributed by atoms with Gasteiger partial charge in [0.2, 0.25) is 5.91 Å². The number of carbonyl (C=O) groups excluding carboxylic acids is 2. The molecule has 1 aromatic carbocycles. The molecule has 2 amide bonds. The Morgan fingerprint density at radius 1 is 1.21 bits per heavy atom. The summed E-state index contributed by atoms with van der Waals surface area (Å²) in [6.45, 7) is 5.91. The molecule has 0 unspecified atom stereocenters. The highest BCUT2D eigenvalue weighted by atomic mass is 16.2. The number of hydrogen-bond donors (Lipinski definition) is 2. The second kappa shape index (κ2) is 6.92. The Morgan fingerprint density at radius 3 is 2.26 bits per heavy atom. The molecule has 0 aliphatic rings. The second-order valence-corrected chi connectivity index (χ2v) is 4.95. The number of carbonyl (C=O) groups is 2. The molecule has 3 N–H and O–H groups in total. The van der Waals surface area contributed by atoms with Crippen LogP contribution in [0.3, 0.4) is 0 Å². The normalized spacial score (nSPS) is 11.9. The van der Waals surface area contributed by atoms with Gasteiger partial charge in [-0.15, -0.1) is 0 Å². The van der Waals surface area contributed by atoms with Gasteiger partial charge in [0, 0.05) is 5.56 Å². The molecular weight excluding hydrogens is 240 g/mol. The molecule has 0 aliphatic carbocycles. The summed E-state index contributed by atoms with van der Waals surface area (Å²) >= 11 is 0. The number of primary amides is 1. The van der Waals surface area contributed by atoms with Crippen LogP contribution < -0.4 is 11.1 Å². The third kappa shape index (κ3) is 4.73. The number of benzene rings is 1. The number of rotatable bonds is 6. The smallest absolute Gasteiger partial charge is 0.251 e. The number of hydrogen-bond acceptors (Lipinski definition) is 2. The van der Waals surface area contributed by atoms with E-state index in [0.717, 1.165) is 24.0 Å². The summed E-state index contributed by atoms with van der Waals surface area (Å²) < 4.78 is 0. The first-order valence-electron chi connectivity index (χ1n) is 6.62. The topological polar surface area (TPSA) is 72.2 Å². The summed E-state index contributed by atoms with van der Waals surface area (Å²) in [4.78, 5) is 23.4. The molecule has 4 nitrogen and oxygen atoms in total. The average Bonchev–Trinajstić information content (AvgIpc) is 2.32. The summed E-state index contributed by atoms with van der Waals surface area (Å²) in [5.74, 6) is -0.724. The maximum Gasteiger partial charge on any atom is 0.251 e. The lowest BCUT2D eigenvalue weighted by Crippen LogP contribution is -2.44. The minimum atomic E-state index is -0.590. The van der Waals surface area contributed by atoms with Gasteiger partial charge in [-0.1, -0.05) is 37.0 Å². The lowest BCUT2D eigenvalue weighted by atomic mass is 10.1. The van der Waals surface area contributed by atoms with Crippen molar-refractivity contribution in [3.63, 3.8) is 0 Å². The van der Waals surface area contributed by atoms with E-state index in [-0.39, 0.29) is 5.91 Å². The zero-order valence-corrected chi connectivity index (χ0v) is 11.8. The molecule has 1 aromatic rings. The van der Waals surface area contributed by atoms with E-state index in [1.54, 1.807) is 12.1 Å². The third-order valence-corrected chi connectivity index (χ3v) is 2.98. The van der Waals surface area contributed by atoms with Crippen LogP contribution in [0.1, 0.15) is 47.7 Å². The zero-order chi connectivity index (χ0) is 14.4. The van der Waals surface area contributed by atoms with Crippen LogP contribution in [0.25, 0.3) is 0 Å². The largest absolute Gasteiger partial charge is 0.368 e. The van der Waals surface area contributed by atoms with Crippen LogP contribution in [-0.2, 0) is 4.79 Å². The van der Waals surface area contributed by atoms with Gasteiger partial charge >= 0.3 is 0 Å². The van der Waals surface area contributed by atoms with Crippen LogP contribution in [0.4, 0.5) is 0 Å². The first-order chi connectivity index (χ1) is 8.93. The van der Waals surface area contributed by atoms with Crippen LogP contribution in [0.5, 0.6) is 0 Å². The first kappa shape index (κ1) is 15.2. The molecule has 0 spiro atoms. The van der Waals surface area contributed by atoms with Crippen molar-refractivity contribution in [2.24, 2.45) is 5.73 Å². The Balaban J connectivity index is 2.78. The van der Waals surface area contributed by atoms with Gasteiger partial charge in [-0.05, 0) is 32.4 Å². The van der Waals surface area contributed by atoms with Crippen molar-refractivity contribution < 1.29 is 9.59 Å². The van der Waals surface area contributed by atoms with Crippen LogP contribution in [-0.4, -0.2) is 17.9 Å². The summed E-state index contributed by atoms with van der Waals surface area (Å²) in [5.41, 5.74) is 7.92. The number of amides is 2. The highest BCUT2D eigenvalue weighted by molar-refractivity contribution is 5.97. The summed E-state index contributed by atoms with van der Waals surface area (Å²) in [6, 6.07) is 5.02. The van der Waals surface area contributed by atoms with Gasteiger partial charge in [-0.3, -0.25) is 9.59 Å². The van der Waals surface area contributed by atoms with Gasteiger partial charge in [-0.2, -0.15) is 0 Å². The van der Waals surface area contributed by atoms with Crippen LogP contribution in [0.2, 0.25) is 0 Å². The van der Waals surface area contributed by atoms with Crippen LogP contribution >= 0.6 is 0 Å². The van der Waals surface area contributed by atoms with E-state index in [4.69, 9.17) is 5.73 Å². The molecule has 0 saturated heterocycles. The van der Waals surface area contributed by atoms with Gasteiger partial charge in [-0.25, -0.2) is 0 Å². The van der Waals surface area contributed by atoms with Crippen molar-refractivity contribution in [3.05, 3.63) is 34.9 Å². The van der Waals surface area contributed by atoms with E-state index in [2.05, 4.69) is 5.32 Å². The molecule has 0 saturated carbocycles. The summed E-state index contributed by atoms with van der Waals surface area (Å²) in [5, 5.41) is 2.71. The maximum atomic E-state index is 12.1. The molecule has 1 rings (SSSR count). The van der Waals surface area contributed by atoms with Crippen LogP contribution in [0, 0.1) is 13.8 Å². The highest BCUT2D eigenvalue weighted by Gasteiger charge is 2.18. The molecule has 1 atom stereocenters. The fraction of sp³-hybridized carbons (Fsp3) is 0.467. The fourth-order valence-electron chi connectivity index (χ4n) is 2.04. The van der Waals surface area contributed by atoms with E-state index < -0.39 is 11.9 Å². The van der Waals surface area contributed by atoms with Crippen molar-refractivity contribution in [2.45, 2.75) is 46.1 Å². The standard InChI is InChI=1S/C15H22N2O2/c1-4-5-6-13(14(16)18)17-15(19)12-8-10(2)7-11(3)9-12/h7-9,13H,4-6H2,1-3H3,(H2,16,18)(H,17,19)/t13-/m1/s1. The van der Waals surface area contributed by atoms with Crippen molar-refractivity contribution in [2.75, 3.05) is 0 Å². The van der Waals surface area contributed by atoms with Gasteiger partial charge in [0.05, 0.1) is 0 Å². The molecule has 104 valence electrons. The predicted octanol–water partition coefficient (Wildman–Crippen LogP) is 2.08. The Morgan fingerprint density at radius 2 is 1.79 bits per heavy atom. The monoisotopic (exact) mass is 262 g/mol. The first-order valence-corrected chi connectivity index (χ1v) is 6.62. The molecule has 0 bridgehead atoms. The Kier molecular flexibility index (Phi) is 5.55. The van der Waals surface area contributed by atoms with E-state index in [1.807, 2.05) is 26.8 Å². The van der Waals surface area contributed by atoms with E-state index in [1.165, 1.54) is 0 Å². The zero-order valence-electron chi connectivity index (χ0n) is 11.8. The fourth-order valence-corrected chi connectivity index (χ4v) is 2.04. The minimum Gasteiger partial charge on any atom is -0.368 e. The summed E-state index contributed by atoms with van der Waals surface area (Å²) in [6.07, 6.45) is 2.41. The molecule has 0 heterocycles. The number of nitrogens with one attached hydrogen (secondary N) is 1. The van der Waals surface area contributed by atoms with E-state index in [9.17, 15) is 9.59 Å². The van der Waals surface area contributed by atoms with Crippen molar-refractivity contribution in [1.29, 1.82) is 0 Å². The van der Waals surface area contributed by atoms with E-state index in [0.29, 0.717) is 12.0 Å². The number of nitrogens with two attached hydrogens (primary N) is 1. The van der Waals surface area contributed by atoms with Crippen molar-refractivity contribution in [1.82, 2.24) is 5.32 Å². The summed E-state index contributed by atoms with van der Waals surface area (Å²) in [7, 11) is 0. The van der Waals surface area contributed by atoms with E-state index >= 15 is 0 Å². The molecular formula is C15H22N2O2. The second-order valence-electron chi connectivity index (χ2n) is 4.95. The lowest BCUT2D eigenvalue weighted by Gasteiger charge is -2.15. The number of unbranched alkanes of at least 4 members (excludes halogenated alkanes) is 1. The van der Waals surface area contributed by atoms with Gasteiger partial charge in [0.15, 0.2) is 0 Å². The van der Waals surface area contributed by atoms with Gasteiger partial charge in [0.1, 0.15) is 6.04 Å². The molecule has 0 radical (unpaired) electrons. The van der Waals surface area contributed by atoms with Crippen LogP contribution in [0.15, 0.2) is 18.2 Å². The SMILES string of the molecule is CCCC[C@@H](NC(=O)c1cc(C)cc(C)c1)C(N)=O. The quantitative estimate of drug-likeness (QED) is 0.823. The molecule has 19 heavy (non-hydrogen) atoms. The van der Waals surface area contributed by atoms with Crippen molar-refractivity contribution >= 4 is 11.8 Å². The Hall–Kier alpha value is -1.84. The molecule has 0 aliphatic heterocycles. The Labute approximate surface area is 114 Å². The maximum absolute atomic E-state index is 12.1. The minimum absolute atomic E-state index is 0.244. The number of aryl methyl sites for hydroxylation is 2. The molecule has 0 aromatic heterocycles. The predicted molar refractivity (Wildman–Crippen MR) is 75.9 cm³/mol. The molecule has 4 heteroatoms. The average molecular weight is 262 g/mol. The molecule has 0 fully saturated rings. The van der Waals surface area contributed by atoms with Crippen molar-refractivity contribution in [3.8, 4) is 0 Å². The van der Waals surface area contributed by atoms with Gasteiger partial charge in [0.25, 0.3) is 5.91 Å². The Bertz CT molecular complexity index is 449. The van der Waals surface area contributed by atoms with Gasteiger partial charge < -0.3 is 11.1 Å².